The Morgan fingerprint density at radius 3 is 3.00 bits per heavy atom. The average molecular weight is 280 g/mol. The minimum atomic E-state index is 0.355. The predicted octanol–water partition coefficient (Wildman–Crippen LogP) is 2.48. The summed E-state index contributed by atoms with van der Waals surface area (Å²) in [5.74, 6) is 1.46. The van der Waals surface area contributed by atoms with E-state index in [0.717, 1.165) is 17.8 Å². The van der Waals surface area contributed by atoms with Crippen molar-refractivity contribution in [2.75, 3.05) is 17.3 Å². The lowest BCUT2D eigenvalue weighted by atomic mass is 10.1. The molecule has 0 bridgehead atoms. The lowest BCUT2D eigenvalue weighted by molar-refractivity contribution is 0.752. The van der Waals surface area contributed by atoms with Crippen LogP contribution in [0.25, 0.3) is 11.2 Å². The van der Waals surface area contributed by atoms with Crippen molar-refractivity contribution in [3.8, 4) is 0 Å². The van der Waals surface area contributed by atoms with Crippen molar-refractivity contribution >= 4 is 28.6 Å². The summed E-state index contributed by atoms with van der Waals surface area (Å²) in [6, 6.07) is 8.82. The highest BCUT2D eigenvalue weighted by molar-refractivity contribution is 5.88. The van der Waals surface area contributed by atoms with E-state index in [9.17, 15) is 0 Å². The van der Waals surface area contributed by atoms with Gasteiger partial charge in [0.05, 0.1) is 6.33 Å². The smallest absolute Gasteiger partial charge is 0.226 e. The Morgan fingerprint density at radius 2 is 2.14 bits per heavy atom. The van der Waals surface area contributed by atoms with Gasteiger partial charge in [-0.3, -0.25) is 0 Å². The van der Waals surface area contributed by atoms with Gasteiger partial charge >= 0.3 is 0 Å². The van der Waals surface area contributed by atoms with Gasteiger partial charge in [-0.2, -0.15) is 9.97 Å². The first-order valence-corrected chi connectivity index (χ1v) is 7.04. The molecule has 0 fully saturated rings. The number of hydrogen-bond acceptors (Lipinski definition) is 5. The molecule has 0 saturated carbocycles. The van der Waals surface area contributed by atoms with Crippen LogP contribution in [0.3, 0.4) is 0 Å². The van der Waals surface area contributed by atoms with Crippen LogP contribution >= 0.6 is 0 Å². The van der Waals surface area contributed by atoms with Gasteiger partial charge in [-0.1, -0.05) is 18.2 Å². The summed E-state index contributed by atoms with van der Waals surface area (Å²) in [7, 11) is 1.82. The summed E-state index contributed by atoms with van der Waals surface area (Å²) in [4.78, 5) is 18.7. The molecular weight excluding hydrogens is 264 g/mol. The third-order valence-electron chi connectivity index (χ3n) is 3.93. The maximum atomic E-state index is 4.66. The first-order valence-electron chi connectivity index (χ1n) is 7.04. The molecule has 21 heavy (non-hydrogen) atoms. The number of imidazole rings is 1. The summed E-state index contributed by atoms with van der Waals surface area (Å²) in [6.07, 6.45) is 2.68. The second kappa shape index (κ2) is 4.44. The fourth-order valence-corrected chi connectivity index (χ4v) is 2.99. The van der Waals surface area contributed by atoms with Crippen molar-refractivity contribution in [3.63, 3.8) is 0 Å². The maximum absolute atomic E-state index is 4.66. The molecule has 1 aliphatic heterocycles. The number of nitrogens with zero attached hydrogens (tertiary/aromatic N) is 4. The van der Waals surface area contributed by atoms with Crippen LogP contribution in [-0.4, -0.2) is 33.0 Å². The standard InChI is InChI=1S/C15H16N6/c1-9-7-10-5-3-4-6-11(10)21(9)14-12-13(18-8-17-12)19-15(16-2)20-14/h3-6,8-9H,7H2,1-2H3,(H2,16,17,18,19,20). The van der Waals surface area contributed by atoms with Crippen LogP contribution in [0.2, 0.25) is 0 Å². The molecule has 0 spiro atoms. The van der Waals surface area contributed by atoms with E-state index in [1.54, 1.807) is 6.33 Å². The summed E-state index contributed by atoms with van der Waals surface area (Å²) in [5.41, 5.74) is 4.11. The van der Waals surface area contributed by atoms with Crippen molar-refractivity contribution in [1.82, 2.24) is 19.9 Å². The van der Waals surface area contributed by atoms with Crippen LogP contribution in [-0.2, 0) is 6.42 Å². The lowest BCUT2D eigenvalue weighted by Gasteiger charge is -2.24. The number of para-hydroxylation sites is 1. The number of fused-ring (bicyclic) bond motifs is 2. The van der Waals surface area contributed by atoms with Gasteiger partial charge in [0.15, 0.2) is 11.5 Å². The summed E-state index contributed by atoms with van der Waals surface area (Å²) in [5, 5.41) is 3.01. The van der Waals surface area contributed by atoms with Crippen LogP contribution in [0.5, 0.6) is 0 Å². The Balaban J connectivity index is 1.96. The zero-order valence-corrected chi connectivity index (χ0v) is 12.0. The average Bonchev–Trinajstić information content (AvgIpc) is 3.09. The predicted molar refractivity (Wildman–Crippen MR) is 83.0 cm³/mol. The number of aromatic nitrogens is 4. The van der Waals surface area contributed by atoms with Gasteiger partial charge in [-0.15, -0.1) is 0 Å². The molecule has 1 unspecified atom stereocenters. The van der Waals surface area contributed by atoms with E-state index in [1.807, 2.05) is 7.05 Å². The van der Waals surface area contributed by atoms with Gasteiger partial charge < -0.3 is 15.2 Å². The molecule has 1 atom stereocenters. The molecule has 6 nitrogen and oxygen atoms in total. The minimum absolute atomic E-state index is 0.355. The number of H-pyrrole nitrogens is 1. The topological polar surface area (TPSA) is 69.7 Å². The van der Waals surface area contributed by atoms with Crippen molar-refractivity contribution in [3.05, 3.63) is 36.2 Å². The first-order chi connectivity index (χ1) is 10.3. The van der Waals surface area contributed by atoms with Crippen molar-refractivity contribution < 1.29 is 0 Å². The normalized spacial score (nSPS) is 17.2. The number of anilines is 3. The zero-order valence-electron chi connectivity index (χ0n) is 12.0. The number of nitrogens with one attached hydrogen (secondary N) is 2. The molecule has 0 saturated heterocycles. The molecule has 2 N–H and O–H groups in total. The Morgan fingerprint density at radius 1 is 1.29 bits per heavy atom. The highest BCUT2D eigenvalue weighted by Gasteiger charge is 2.30. The van der Waals surface area contributed by atoms with Gasteiger partial charge in [0.2, 0.25) is 5.95 Å². The minimum Gasteiger partial charge on any atom is -0.357 e. The number of rotatable bonds is 2. The summed E-state index contributed by atoms with van der Waals surface area (Å²) < 4.78 is 0. The van der Waals surface area contributed by atoms with Gasteiger partial charge in [-0.05, 0) is 25.0 Å². The van der Waals surface area contributed by atoms with E-state index in [0.29, 0.717) is 17.6 Å². The maximum Gasteiger partial charge on any atom is 0.226 e. The number of benzene rings is 1. The van der Waals surface area contributed by atoms with Crippen molar-refractivity contribution in [1.29, 1.82) is 0 Å². The molecular formula is C15H16N6. The Hall–Kier alpha value is -2.63. The van der Waals surface area contributed by atoms with Crippen molar-refractivity contribution in [2.24, 2.45) is 0 Å². The van der Waals surface area contributed by atoms with Crippen molar-refractivity contribution in [2.45, 2.75) is 19.4 Å². The van der Waals surface area contributed by atoms with E-state index in [4.69, 9.17) is 0 Å². The largest absolute Gasteiger partial charge is 0.357 e. The SMILES string of the molecule is CNc1nc(N2c3ccccc3CC2C)c2[nH]cnc2n1. The molecule has 0 aliphatic carbocycles. The third-order valence-corrected chi connectivity index (χ3v) is 3.93. The monoisotopic (exact) mass is 280 g/mol. The molecule has 1 aromatic carbocycles. The lowest BCUT2D eigenvalue weighted by Crippen LogP contribution is -2.25. The summed E-state index contributed by atoms with van der Waals surface area (Å²) >= 11 is 0. The molecule has 1 aliphatic rings. The van der Waals surface area contributed by atoms with Gasteiger partial charge in [0.1, 0.15) is 5.52 Å². The Kier molecular flexibility index (Phi) is 2.57. The van der Waals surface area contributed by atoms with Crippen LogP contribution in [0, 0.1) is 0 Å². The molecule has 6 heteroatoms. The van der Waals surface area contributed by atoms with Crippen LogP contribution < -0.4 is 10.2 Å². The summed E-state index contributed by atoms with van der Waals surface area (Å²) in [6.45, 7) is 2.21. The molecule has 4 rings (SSSR count). The highest BCUT2D eigenvalue weighted by atomic mass is 15.3. The van der Waals surface area contributed by atoms with E-state index >= 15 is 0 Å². The van der Waals surface area contributed by atoms with Gasteiger partial charge in [-0.25, -0.2) is 4.98 Å². The quantitative estimate of drug-likeness (QED) is 0.754. The number of aromatic amines is 1. The van der Waals surface area contributed by atoms with E-state index in [-0.39, 0.29) is 0 Å². The second-order valence-corrected chi connectivity index (χ2v) is 5.27. The first kappa shape index (κ1) is 12.1. The Labute approximate surface area is 122 Å². The van der Waals surface area contributed by atoms with Gasteiger partial charge in [0.25, 0.3) is 0 Å². The van der Waals surface area contributed by atoms with E-state index < -0.39 is 0 Å². The molecule has 0 radical (unpaired) electrons. The fourth-order valence-electron chi connectivity index (χ4n) is 2.99. The number of hydrogen-bond donors (Lipinski definition) is 2. The Bertz CT molecular complexity index is 809. The van der Waals surface area contributed by atoms with E-state index in [2.05, 4.69) is 61.3 Å². The highest BCUT2D eigenvalue weighted by Crippen LogP contribution is 2.39. The van der Waals surface area contributed by atoms with Crippen LogP contribution in [0.1, 0.15) is 12.5 Å². The molecule has 3 heterocycles. The second-order valence-electron chi connectivity index (χ2n) is 5.27. The van der Waals surface area contributed by atoms with E-state index in [1.165, 1.54) is 11.3 Å². The molecule has 0 amide bonds. The molecule has 3 aromatic rings. The van der Waals surface area contributed by atoms with Crippen LogP contribution in [0.4, 0.5) is 17.5 Å². The molecule has 2 aromatic heterocycles. The van der Waals surface area contributed by atoms with Crippen LogP contribution in [0.15, 0.2) is 30.6 Å². The third kappa shape index (κ3) is 1.75. The van der Waals surface area contributed by atoms with Gasteiger partial charge in [0, 0.05) is 18.8 Å². The molecule has 106 valence electrons. The zero-order chi connectivity index (χ0) is 14.4. The fraction of sp³-hybridized carbons (Fsp3) is 0.267.